The molecule has 2 aromatic carbocycles. The first-order chi connectivity index (χ1) is 16.4. The highest BCUT2D eigenvalue weighted by Gasteiger charge is 2.55. The summed E-state index contributed by atoms with van der Waals surface area (Å²) in [4.78, 5) is 35.1. The molecule has 0 saturated heterocycles. The van der Waals surface area contributed by atoms with E-state index in [-0.39, 0.29) is 17.2 Å². The molecule has 1 heterocycles. The minimum atomic E-state index is -0.751. The molecule has 0 radical (unpaired) electrons. The van der Waals surface area contributed by atoms with Crippen LogP contribution in [0.3, 0.4) is 0 Å². The molecule has 8 heteroatoms. The number of hydrogen-bond acceptors (Lipinski definition) is 6. The number of non-ortho nitro benzene ring substituents is 2. The van der Waals surface area contributed by atoms with Gasteiger partial charge in [-0.15, -0.1) is 0 Å². The normalized spacial score (nSPS) is 25.4. The van der Waals surface area contributed by atoms with Crippen molar-refractivity contribution in [3.63, 3.8) is 0 Å². The second-order valence-electron chi connectivity index (χ2n) is 9.26. The molecule has 2 aliphatic carbocycles. The summed E-state index contributed by atoms with van der Waals surface area (Å²) >= 11 is 0. The Morgan fingerprint density at radius 2 is 1.50 bits per heavy atom. The number of Topliss-reactive ketones (excluding diaryl/α,β-unsaturated/α-hetero) is 1. The highest BCUT2D eigenvalue weighted by atomic mass is 16.6. The summed E-state index contributed by atoms with van der Waals surface area (Å²) in [5.74, 6) is 1.01. The van der Waals surface area contributed by atoms with Gasteiger partial charge in [-0.1, -0.05) is 0 Å². The number of carbonyl (C=O) groups is 1. The van der Waals surface area contributed by atoms with E-state index in [0.29, 0.717) is 24.8 Å². The minimum Gasteiger partial charge on any atom is -0.489 e. The number of hydrogen-bond donors (Lipinski definition) is 0. The monoisotopic (exact) mass is 460 g/mol. The van der Waals surface area contributed by atoms with Gasteiger partial charge in [-0.25, -0.2) is 0 Å². The zero-order valence-electron chi connectivity index (χ0n) is 18.6. The standard InChI is InChI=1S/C26H24N2O6/c29-24-19(15-17-5-9-21(10-6-17)27(30)31)13-14-26(24)16-20-3-1-2-4-23(20)34-25(26)18-7-11-22(12-8-18)28(32)33/h5-12,15,25H,1-4,13-14,16H2. The second-order valence-corrected chi connectivity index (χ2v) is 9.26. The van der Waals surface area contributed by atoms with Gasteiger partial charge in [-0.3, -0.25) is 25.0 Å². The topological polar surface area (TPSA) is 113 Å². The molecular formula is C26H24N2O6. The van der Waals surface area contributed by atoms with E-state index in [4.69, 9.17) is 4.74 Å². The predicted molar refractivity (Wildman–Crippen MR) is 125 cm³/mol. The lowest BCUT2D eigenvalue weighted by Crippen LogP contribution is -2.39. The van der Waals surface area contributed by atoms with E-state index >= 15 is 0 Å². The number of nitro benzene ring substituents is 2. The van der Waals surface area contributed by atoms with E-state index in [1.54, 1.807) is 24.3 Å². The van der Waals surface area contributed by atoms with Crippen molar-refractivity contribution in [2.45, 2.75) is 51.0 Å². The summed E-state index contributed by atoms with van der Waals surface area (Å²) in [6, 6.07) is 12.5. The molecule has 174 valence electrons. The summed E-state index contributed by atoms with van der Waals surface area (Å²) in [6.07, 6.45) is 7.10. The van der Waals surface area contributed by atoms with Crippen molar-refractivity contribution in [2.24, 2.45) is 5.41 Å². The molecule has 1 fully saturated rings. The SMILES string of the molecule is O=C1C(=Cc2ccc([N+](=O)[O-])cc2)CCC12CC1=C(CCCC1)OC2c1ccc([N+](=O)[O-])cc1. The van der Waals surface area contributed by atoms with Gasteiger partial charge in [0, 0.05) is 30.7 Å². The van der Waals surface area contributed by atoms with E-state index < -0.39 is 21.4 Å². The molecule has 1 aliphatic heterocycles. The number of ketones is 1. The number of nitrogens with zero attached hydrogens (tertiary/aromatic N) is 2. The average molecular weight is 460 g/mol. The third kappa shape index (κ3) is 3.79. The maximum atomic E-state index is 13.9. The second kappa shape index (κ2) is 8.52. The Kier molecular flexibility index (Phi) is 5.51. The number of nitro groups is 2. The van der Waals surface area contributed by atoms with Gasteiger partial charge in [0.2, 0.25) is 0 Å². The van der Waals surface area contributed by atoms with Crippen LogP contribution in [0.25, 0.3) is 6.08 Å². The Morgan fingerprint density at radius 3 is 2.15 bits per heavy atom. The van der Waals surface area contributed by atoms with Crippen LogP contribution in [0.1, 0.15) is 62.2 Å². The van der Waals surface area contributed by atoms with E-state index in [2.05, 4.69) is 0 Å². The molecule has 34 heavy (non-hydrogen) atoms. The molecule has 0 aromatic heterocycles. The van der Waals surface area contributed by atoms with Crippen LogP contribution < -0.4 is 0 Å². The van der Waals surface area contributed by atoms with Gasteiger partial charge in [0.05, 0.1) is 21.0 Å². The molecule has 1 spiro atoms. The van der Waals surface area contributed by atoms with Gasteiger partial charge in [-0.05, 0) is 91.1 Å². The van der Waals surface area contributed by atoms with E-state index in [1.807, 2.05) is 6.08 Å². The smallest absolute Gasteiger partial charge is 0.269 e. The van der Waals surface area contributed by atoms with Crippen LogP contribution in [-0.4, -0.2) is 15.6 Å². The summed E-state index contributed by atoms with van der Waals surface area (Å²) in [5.41, 5.74) is 2.67. The first-order valence-corrected chi connectivity index (χ1v) is 11.5. The Bertz CT molecular complexity index is 1230. The molecule has 1 saturated carbocycles. The number of carbonyl (C=O) groups excluding carboxylic acids is 1. The molecule has 5 rings (SSSR count). The van der Waals surface area contributed by atoms with E-state index in [0.717, 1.165) is 42.6 Å². The largest absolute Gasteiger partial charge is 0.489 e. The van der Waals surface area contributed by atoms with Crippen LogP contribution in [0.5, 0.6) is 0 Å². The molecule has 3 aliphatic rings. The molecule has 2 atom stereocenters. The fourth-order valence-corrected chi connectivity index (χ4v) is 5.51. The highest BCUT2D eigenvalue weighted by molar-refractivity contribution is 6.06. The molecule has 8 nitrogen and oxygen atoms in total. The van der Waals surface area contributed by atoms with Crippen molar-refractivity contribution < 1.29 is 19.4 Å². The minimum absolute atomic E-state index is 0.00249. The fraction of sp³-hybridized carbons (Fsp3) is 0.346. The Labute approximate surface area is 196 Å². The van der Waals surface area contributed by atoms with Crippen molar-refractivity contribution in [3.05, 3.63) is 96.8 Å². The lowest BCUT2D eigenvalue weighted by Gasteiger charge is -2.43. The number of allylic oxidation sites excluding steroid dienone is 3. The van der Waals surface area contributed by atoms with Gasteiger partial charge in [0.15, 0.2) is 5.78 Å². The van der Waals surface area contributed by atoms with Gasteiger partial charge in [0.25, 0.3) is 11.4 Å². The third-order valence-electron chi connectivity index (χ3n) is 7.25. The average Bonchev–Trinajstić information content (AvgIpc) is 3.14. The molecule has 0 bridgehead atoms. The van der Waals surface area contributed by atoms with Gasteiger partial charge in [-0.2, -0.15) is 0 Å². The zero-order chi connectivity index (χ0) is 23.9. The quantitative estimate of drug-likeness (QED) is 0.304. The predicted octanol–water partition coefficient (Wildman–Crippen LogP) is 6.23. The highest BCUT2D eigenvalue weighted by Crippen LogP contribution is 2.58. The third-order valence-corrected chi connectivity index (χ3v) is 7.25. The zero-order valence-corrected chi connectivity index (χ0v) is 18.6. The van der Waals surface area contributed by atoms with Crippen molar-refractivity contribution in [1.29, 1.82) is 0 Å². The fourth-order valence-electron chi connectivity index (χ4n) is 5.51. The van der Waals surface area contributed by atoms with Gasteiger partial charge >= 0.3 is 0 Å². The maximum absolute atomic E-state index is 13.9. The van der Waals surface area contributed by atoms with Crippen LogP contribution in [0.2, 0.25) is 0 Å². The number of rotatable bonds is 4. The van der Waals surface area contributed by atoms with Crippen LogP contribution in [0.4, 0.5) is 11.4 Å². The lowest BCUT2D eigenvalue weighted by atomic mass is 9.68. The molecule has 0 N–H and O–H groups in total. The Morgan fingerprint density at radius 1 is 0.882 bits per heavy atom. The molecular weight excluding hydrogens is 436 g/mol. The van der Waals surface area contributed by atoms with Gasteiger partial charge in [0.1, 0.15) is 6.10 Å². The molecule has 2 aromatic rings. The van der Waals surface area contributed by atoms with Crippen molar-refractivity contribution in [3.8, 4) is 0 Å². The summed E-state index contributed by atoms with van der Waals surface area (Å²) in [5, 5.41) is 22.1. The van der Waals surface area contributed by atoms with E-state index in [9.17, 15) is 25.0 Å². The van der Waals surface area contributed by atoms with Gasteiger partial charge < -0.3 is 4.74 Å². The van der Waals surface area contributed by atoms with Crippen molar-refractivity contribution in [2.75, 3.05) is 0 Å². The Balaban J connectivity index is 1.51. The summed E-state index contributed by atoms with van der Waals surface area (Å²) in [7, 11) is 0. The number of benzene rings is 2. The van der Waals surface area contributed by atoms with Crippen LogP contribution in [0.15, 0.2) is 65.4 Å². The Hall–Kier alpha value is -3.81. The first kappa shape index (κ1) is 22.0. The maximum Gasteiger partial charge on any atom is 0.269 e. The summed E-state index contributed by atoms with van der Waals surface area (Å²) in [6.45, 7) is 0. The number of ether oxygens (including phenoxy) is 1. The lowest BCUT2D eigenvalue weighted by molar-refractivity contribution is -0.385. The van der Waals surface area contributed by atoms with Crippen LogP contribution in [-0.2, 0) is 9.53 Å². The van der Waals surface area contributed by atoms with Crippen molar-refractivity contribution >= 4 is 23.2 Å². The summed E-state index contributed by atoms with van der Waals surface area (Å²) < 4.78 is 6.51. The first-order valence-electron chi connectivity index (χ1n) is 11.5. The molecule has 2 unspecified atom stereocenters. The van der Waals surface area contributed by atoms with Crippen LogP contribution in [0, 0.1) is 25.6 Å². The van der Waals surface area contributed by atoms with Crippen LogP contribution >= 0.6 is 0 Å². The van der Waals surface area contributed by atoms with E-state index in [1.165, 1.54) is 29.8 Å². The molecule has 0 amide bonds. The van der Waals surface area contributed by atoms with Crippen molar-refractivity contribution in [1.82, 2.24) is 0 Å².